The fraction of sp³-hybridized carbons (Fsp3) is 0.385. The van der Waals surface area contributed by atoms with E-state index in [1.54, 1.807) is 19.9 Å². The van der Waals surface area contributed by atoms with Crippen LogP contribution in [-0.4, -0.2) is 25.9 Å². The number of hydrogen-bond acceptors (Lipinski definition) is 4. The lowest BCUT2D eigenvalue weighted by Gasteiger charge is -2.28. The molecule has 0 saturated heterocycles. The van der Waals surface area contributed by atoms with Gasteiger partial charge < -0.3 is 16.0 Å². The van der Waals surface area contributed by atoms with Crippen LogP contribution in [0.2, 0.25) is 0 Å². The van der Waals surface area contributed by atoms with Crippen LogP contribution in [0.15, 0.2) is 24.3 Å². The number of nitrogens with zero attached hydrogens (tertiary/aromatic N) is 1. The number of nitrogens with one attached hydrogen (secondary N) is 3. The molecule has 132 valence electrons. The molecule has 1 amide bonds. The first-order valence-electron chi connectivity index (χ1n) is 6.69. The third-order valence-electron chi connectivity index (χ3n) is 2.73. The molecular formula is C13H15Cl3N4O3S. The number of anilines is 1. The van der Waals surface area contributed by atoms with Gasteiger partial charge in [-0.05, 0) is 18.3 Å². The summed E-state index contributed by atoms with van der Waals surface area (Å²) in [5.41, 5.74) is 0.272. The summed E-state index contributed by atoms with van der Waals surface area (Å²) in [4.78, 5) is 22.0. The highest BCUT2D eigenvalue weighted by Gasteiger charge is 2.35. The second-order valence-electron chi connectivity index (χ2n) is 5.04. The number of hydrogen-bond donors (Lipinski definition) is 3. The van der Waals surface area contributed by atoms with Crippen LogP contribution in [0.3, 0.4) is 0 Å². The molecule has 1 rings (SSSR count). The molecule has 0 aliphatic rings. The van der Waals surface area contributed by atoms with E-state index >= 15 is 0 Å². The van der Waals surface area contributed by atoms with Crippen molar-refractivity contribution in [2.75, 3.05) is 5.32 Å². The summed E-state index contributed by atoms with van der Waals surface area (Å²) in [6, 6.07) is 5.72. The van der Waals surface area contributed by atoms with Gasteiger partial charge in [0.05, 0.1) is 4.92 Å². The van der Waals surface area contributed by atoms with Gasteiger partial charge in [0.25, 0.3) is 5.69 Å². The summed E-state index contributed by atoms with van der Waals surface area (Å²) in [5.74, 6) is -0.656. The van der Waals surface area contributed by atoms with Crippen LogP contribution in [0.25, 0.3) is 0 Å². The third-order valence-corrected chi connectivity index (χ3v) is 3.60. The molecule has 0 aromatic heterocycles. The molecule has 0 spiro atoms. The molecule has 0 saturated carbocycles. The van der Waals surface area contributed by atoms with E-state index in [1.807, 2.05) is 0 Å². The molecule has 24 heavy (non-hydrogen) atoms. The minimum atomic E-state index is -1.86. The zero-order valence-corrected chi connectivity index (χ0v) is 15.8. The van der Waals surface area contributed by atoms with Crippen molar-refractivity contribution in [3.05, 3.63) is 34.4 Å². The monoisotopic (exact) mass is 412 g/mol. The van der Waals surface area contributed by atoms with E-state index in [1.165, 1.54) is 18.2 Å². The minimum Gasteiger partial charge on any atom is -0.339 e. The van der Waals surface area contributed by atoms with Gasteiger partial charge in [-0.1, -0.05) is 54.7 Å². The Labute approximate surface area is 159 Å². The lowest BCUT2D eigenvalue weighted by atomic mass is 10.2. The van der Waals surface area contributed by atoms with Gasteiger partial charge in [-0.25, -0.2) is 0 Å². The van der Waals surface area contributed by atoms with Gasteiger partial charge in [0.1, 0.15) is 6.17 Å². The molecule has 11 heteroatoms. The Bertz CT molecular complexity index is 637. The number of nitro groups is 1. The van der Waals surface area contributed by atoms with Gasteiger partial charge >= 0.3 is 0 Å². The van der Waals surface area contributed by atoms with Crippen molar-refractivity contribution in [3.8, 4) is 0 Å². The smallest absolute Gasteiger partial charge is 0.271 e. The van der Waals surface area contributed by atoms with E-state index in [-0.39, 0.29) is 22.6 Å². The highest BCUT2D eigenvalue weighted by molar-refractivity contribution is 7.80. The Balaban J connectivity index is 2.80. The van der Waals surface area contributed by atoms with Gasteiger partial charge in [-0.15, -0.1) is 0 Å². The quantitative estimate of drug-likeness (QED) is 0.225. The zero-order valence-electron chi connectivity index (χ0n) is 12.7. The van der Waals surface area contributed by atoms with E-state index < -0.39 is 14.9 Å². The summed E-state index contributed by atoms with van der Waals surface area (Å²) >= 11 is 22.6. The molecule has 0 aliphatic heterocycles. The summed E-state index contributed by atoms with van der Waals surface area (Å²) in [6.45, 7) is 3.37. The third kappa shape index (κ3) is 6.64. The van der Waals surface area contributed by atoms with E-state index in [2.05, 4.69) is 16.0 Å². The maximum absolute atomic E-state index is 11.8. The molecule has 0 fully saturated rings. The highest BCUT2D eigenvalue weighted by Crippen LogP contribution is 2.29. The maximum atomic E-state index is 11.8. The number of thiocarbonyl (C=S) groups is 1. The molecule has 0 unspecified atom stereocenters. The number of halogens is 3. The Hall–Kier alpha value is -1.35. The standard InChI is InChI=1S/C13H15Cl3N4O3S/c1-7(2)10(21)18-11(13(14,15)16)19-12(24)17-8-4-3-5-9(6-8)20(22)23/h3-7,11H,1-2H3,(H,18,21)(H2,17,19,24)/t11-/m0/s1. The Kier molecular flexibility index (Phi) is 7.47. The molecule has 1 atom stereocenters. The number of amides is 1. The number of nitro benzene ring substituents is 1. The van der Waals surface area contributed by atoms with Gasteiger partial charge in [-0.2, -0.15) is 0 Å². The lowest BCUT2D eigenvalue weighted by molar-refractivity contribution is -0.384. The van der Waals surface area contributed by atoms with Crippen molar-refractivity contribution < 1.29 is 9.72 Å². The number of carbonyl (C=O) groups excluding carboxylic acids is 1. The van der Waals surface area contributed by atoms with Crippen LogP contribution in [0.1, 0.15) is 13.8 Å². The van der Waals surface area contributed by atoms with Gasteiger partial charge in [-0.3, -0.25) is 14.9 Å². The molecule has 0 radical (unpaired) electrons. The van der Waals surface area contributed by atoms with Gasteiger partial charge in [0.2, 0.25) is 9.70 Å². The summed E-state index contributed by atoms with van der Waals surface area (Å²) in [6.07, 6.45) is -1.09. The van der Waals surface area contributed by atoms with Crippen LogP contribution >= 0.6 is 47.0 Å². The van der Waals surface area contributed by atoms with E-state index in [4.69, 9.17) is 47.0 Å². The number of carbonyl (C=O) groups is 1. The molecular weight excluding hydrogens is 399 g/mol. The van der Waals surface area contributed by atoms with Crippen molar-refractivity contribution in [2.45, 2.75) is 23.8 Å². The Morgan fingerprint density at radius 2 is 1.92 bits per heavy atom. The molecule has 0 aliphatic carbocycles. The number of benzene rings is 1. The molecule has 0 heterocycles. The number of alkyl halides is 3. The summed E-state index contributed by atoms with van der Waals surface area (Å²) in [5, 5.41) is 18.7. The lowest BCUT2D eigenvalue weighted by Crippen LogP contribution is -2.56. The largest absolute Gasteiger partial charge is 0.339 e. The normalized spacial score (nSPS) is 12.4. The van der Waals surface area contributed by atoms with Crippen LogP contribution < -0.4 is 16.0 Å². The molecule has 7 nitrogen and oxygen atoms in total. The first kappa shape index (κ1) is 20.7. The second kappa shape index (κ2) is 8.66. The second-order valence-corrected chi connectivity index (χ2v) is 7.82. The number of rotatable bonds is 5. The summed E-state index contributed by atoms with van der Waals surface area (Å²) in [7, 11) is 0. The molecule has 0 bridgehead atoms. The zero-order chi connectivity index (χ0) is 18.5. The molecule has 1 aromatic rings. The van der Waals surface area contributed by atoms with Gasteiger partial charge in [0.15, 0.2) is 5.11 Å². The first-order chi connectivity index (χ1) is 11.0. The van der Waals surface area contributed by atoms with Crippen molar-refractivity contribution in [3.63, 3.8) is 0 Å². The van der Waals surface area contributed by atoms with Crippen molar-refractivity contribution in [1.82, 2.24) is 10.6 Å². The van der Waals surface area contributed by atoms with E-state index in [0.717, 1.165) is 0 Å². The van der Waals surface area contributed by atoms with E-state index in [9.17, 15) is 14.9 Å². The van der Waals surface area contributed by atoms with Crippen LogP contribution in [0, 0.1) is 16.0 Å². The fourth-order valence-corrected chi connectivity index (χ4v) is 2.07. The SMILES string of the molecule is CC(C)C(=O)N[C@@H](NC(=S)Nc1cccc([N+](=O)[O-])c1)C(Cl)(Cl)Cl. The summed E-state index contributed by atoms with van der Waals surface area (Å²) < 4.78 is -1.86. The predicted molar refractivity (Wildman–Crippen MR) is 99.5 cm³/mol. The van der Waals surface area contributed by atoms with Crippen LogP contribution in [0.5, 0.6) is 0 Å². The maximum Gasteiger partial charge on any atom is 0.271 e. The average molecular weight is 414 g/mol. The Morgan fingerprint density at radius 1 is 1.29 bits per heavy atom. The number of non-ortho nitro benzene ring substituents is 1. The average Bonchev–Trinajstić information content (AvgIpc) is 2.45. The van der Waals surface area contributed by atoms with Gasteiger partial charge in [0, 0.05) is 23.7 Å². The topological polar surface area (TPSA) is 96.3 Å². The van der Waals surface area contributed by atoms with Crippen molar-refractivity contribution in [2.24, 2.45) is 5.92 Å². The molecule has 3 N–H and O–H groups in total. The van der Waals surface area contributed by atoms with Crippen LogP contribution in [0.4, 0.5) is 11.4 Å². The first-order valence-corrected chi connectivity index (χ1v) is 8.24. The van der Waals surface area contributed by atoms with E-state index in [0.29, 0.717) is 5.69 Å². The predicted octanol–water partition coefficient (Wildman–Crippen LogP) is 3.35. The van der Waals surface area contributed by atoms with Crippen molar-refractivity contribution in [1.29, 1.82) is 0 Å². The highest BCUT2D eigenvalue weighted by atomic mass is 35.6. The minimum absolute atomic E-state index is 0.0240. The van der Waals surface area contributed by atoms with Crippen LogP contribution in [-0.2, 0) is 4.79 Å². The van der Waals surface area contributed by atoms with Crippen molar-refractivity contribution >= 4 is 69.4 Å². The molecule has 1 aromatic carbocycles. The Morgan fingerprint density at radius 3 is 2.42 bits per heavy atom. The fourth-order valence-electron chi connectivity index (χ4n) is 1.50.